The van der Waals surface area contributed by atoms with Crippen molar-refractivity contribution in [3.05, 3.63) is 0 Å². The van der Waals surface area contributed by atoms with E-state index in [0.717, 1.165) is 17.9 Å². The van der Waals surface area contributed by atoms with Gasteiger partial charge in [-0.1, -0.05) is 13.3 Å². The van der Waals surface area contributed by atoms with E-state index < -0.39 is 0 Å². The highest BCUT2D eigenvalue weighted by molar-refractivity contribution is 4.88. The van der Waals surface area contributed by atoms with Gasteiger partial charge in [0.05, 0.1) is 0 Å². The molecule has 4 atom stereocenters. The molecule has 0 radical (unpaired) electrons. The third-order valence-electron chi connectivity index (χ3n) is 4.85. The molecule has 2 aliphatic rings. The molecule has 0 aromatic heterocycles. The molecule has 0 aromatic carbocycles. The lowest BCUT2D eigenvalue weighted by Gasteiger charge is -2.23. The maximum absolute atomic E-state index is 6.14. The zero-order valence-electron chi connectivity index (χ0n) is 11.7. The molecule has 3 nitrogen and oxygen atoms in total. The summed E-state index contributed by atoms with van der Waals surface area (Å²) in [5.41, 5.74) is 6.14. The topological polar surface area (TPSA) is 32.5 Å². The van der Waals surface area contributed by atoms with Crippen molar-refractivity contribution in [1.29, 1.82) is 0 Å². The third kappa shape index (κ3) is 3.21. The second kappa shape index (κ2) is 5.68. The Bertz CT molecular complexity index is 242. The minimum atomic E-state index is 0.486. The lowest BCUT2D eigenvalue weighted by atomic mass is 10.0. The molecular formula is C14H29N3. The molecule has 2 fully saturated rings. The molecule has 0 spiro atoms. The van der Waals surface area contributed by atoms with E-state index in [2.05, 4.69) is 30.8 Å². The quantitative estimate of drug-likeness (QED) is 0.804. The van der Waals surface area contributed by atoms with Crippen molar-refractivity contribution in [3.8, 4) is 0 Å². The summed E-state index contributed by atoms with van der Waals surface area (Å²) in [5, 5.41) is 0. The van der Waals surface area contributed by atoms with Gasteiger partial charge in [-0.2, -0.15) is 0 Å². The fraction of sp³-hybridized carbons (Fsp3) is 1.00. The van der Waals surface area contributed by atoms with Crippen LogP contribution in [0.5, 0.6) is 0 Å². The van der Waals surface area contributed by atoms with Gasteiger partial charge in [-0.3, -0.25) is 0 Å². The number of likely N-dealkylation sites (tertiary alicyclic amines) is 1. The standard InChI is InChI=1S/C14H29N3/c1-11-9-17(10-14(11)16(2)3)8-7-12-5-4-6-13(12)15/h11-14H,4-10,15H2,1-3H3. The molecule has 3 heteroatoms. The first-order valence-corrected chi connectivity index (χ1v) is 7.22. The molecule has 1 heterocycles. The summed E-state index contributed by atoms with van der Waals surface area (Å²) in [7, 11) is 4.41. The van der Waals surface area contributed by atoms with Gasteiger partial charge in [0, 0.05) is 25.2 Å². The molecule has 1 saturated heterocycles. The Morgan fingerprint density at radius 1 is 1.24 bits per heavy atom. The predicted molar refractivity (Wildman–Crippen MR) is 73.0 cm³/mol. The molecule has 4 unspecified atom stereocenters. The lowest BCUT2D eigenvalue weighted by Crippen LogP contribution is -2.35. The average Bonchev–Trinajstić information content (AvgIpc) is 2.82. The monoisotopic (exact) mass is 239 g/mol. The van der Waals surface area contributed by atoms with Crippen LogP contribution in [0.1, 0.15) is 32.6 Å². The maximum atomic E-state index is 6.14. The van der Waals surface area contributed by atoms with Crippen LogP contribution >= 0.6 is 0 Å². The highest BCUT2D eigenvalue weighted by Crippen LogP contribution is 2.28. The Balaban J connectivity index is 1.74. The maximum Gasteiger partial charge on any atom is 0.0254 e. The lowest BCUT2D eigenvalue weighted by molar-refractivity contribution is 0.245. The molecule has 0 amide bonds. The van der Waals surface area contributed by atoms with Crippen molar-refractivity contribution >= 4 is 0 Å². The number of likely N-dealkylation sites (N-methyl/N-ethyl adjacent to an activating group) is 1. The molecular weight excluding hydrogens is 210 g/mol. The van der Waals surface area contributed by atoms with Gasteiger partial charge in [-0.25, -0.2) is 0 Å². The molecule has 1 saturated carbocycles. The summed E-state index contributed by atoms with van der Waals surface area (Å²) >= 11 is 0. The van der Waals surface area contributed by atoms with Gasteiger partial charge < -0.3 is 15.5 Å². The van der Waals surface area contributed by atoms with E-state index in [4.69, 9.17) is 5.73 Å². The van der Waals surface area contributed by atoms with Crippen LogP contribution in [-0.2, 0) is 0 Å². The Labute approximate surface area is 106 Å². The van der Waals surface area contributed by atoms with E-state index in [-0.39, 0.29) is 0 Å². The summed E-state index contributed by atoms with van der Waals surface area (Å²) in [5.74, 6) is 1.60. The zero-order chi connectivity index (χ0) is 12.4. The number of hydrogen-bond donors (Lipinski definition) is 1. The van der Waals surface area contributed by atoms with Crippen molar-refractivity contribution in [2.24, 2.45) is 17.6 Å². The minimum absolute atomic E-state index is 0.486. The fourth-order valence-corrected chi connectivity index (χ4v) is 3.68. The van der Waals surface area contributed by atoms with Crippen LogP contribution in [0.15, 0.2) is 0 Å². The SMILES string of the molecule is CC1CN(CCC2CCCC2N)CC1N(C)C. The normalized spacial score (nSPS) is 39.4. The summed E-state index contributed by atoms with van der Waals surface area (Å²) in [6, 6.07) is 1.23. The molecule has 0 bridgehead atoms. The highest BCUT2D eigenvalue weighted by atomic mass is 15.2. The first kappa shape index (κ1) is 13.3. The summed E-state index contributed by atoms with van der Waals surface area (Å²) in [4.78, 5) is 5.02. The van der Waals surface area contributed by atoms with Gasteiger partial charge in [0.25, 0.3) is 0 Å². The van der Waals surface area contributed by atoms with Crippen molar-refractivity contribution in [2.45, 2.75) is 44.7 Å². The smallest absolute Gasteiger partial charge is 0.0254 e. The van der Waals surface area contributed by atoms with Crippen LogP contribution in [0.4, 0.5) is 0 Å². The van der Waals surface area contributed by atoms with Gasteiger partial charge >= 0.3 is 0 Å². The molecule has 0 aromatic rings. The molecule has 100 valence electrons. The van der Waals surface area contributed by atoms with Gasteiger partial charge in [-0.05, 0) is 51.7 Å². The minimum Gasteiger partial charge on any atom is -0.327 e. The number of hydrogen-bond acceptors (Lipinski definition) is 3. The summed E-state index contributed by atoms with van der Waals surface area (Å²) in [6.45, 7) is 6.15. The fourth-order valence-electron chi connectivity index (χ4n) is 3.68. The molecule has 2 rings (SSSR count). The average molecular weight is 239 g/mol. The van der Waals surface area contributed by atoms with Crippen LogP contribution in [-0.4, -0.2) is 55.6 Å². The van der Waals surface area contributed by atoms with E-state index in [9.17, 15) is 0 Å². The number of nitrogens with two attached hydrogens (primary N) is 1. The van der Waals surface area contributed by atoms with E-state index in [1.165, 1.54) is 45.3 Å². The Morgan fingerprint density at radius 3 is 2.53 bits per heavy atom. The van der Waals surface area contributed by atoms with E-state index in [0.29, 0.717) is 6.04 Å². The van der Waals surface area contributed by atoms with Crippen molar-refractivity contribution < 1.29 is 0 Å². The molecule has 1 aliphatic heterocycles. The van der Waals surface area contributed by atoms with E-state index in [1.807, 2.05) is 0 Å². The first-order valence-electron chi connectivity index (χ1n) is 7.22. The molecule has 1 aliphatic carbocycles. The largest absolute Gasteiger partial charge is 0.327 e. The van der Waals surface area contributed by atoms with Gasteiger partial charge in [-0.15, -0.1) is 0 Å². The Hall–Kier alpha value is -0.120. The van der Waals surface area contributed by atoms with Crippen LogP contribution in [0, 0.1) is 11.8 Å². The number of nitrogens with zero attached hydrogens (tertiary/aromatic N) is 2. The van der Waals surface area contributed by atoms with E-state index >= 15 is 0 Å². The highest BCUT2D eigenvalue weighted by Gasteiger charge is 2.31. The van der Waals surface area contributed by atoms with Crippen molar-refractivity contribution in [2.75, 3.05) is 33.7 Å². The summed E-state index contributed by atoms with van der Waals surface area (Å²) < 4.78 is 0. The van der Waals surface area contributed by atoms with Gasteiger partial charge in [0.2, 0.25) is 0 Å². The van der Waals surface area contributed by atoms with Crippen molar-refractivity contribution in [1.82, 2.24) is 9.80 Å². The van der Waals surface area contributed by atoms with Crippen LogP contribution < -0.4 is 5.73 Å². The summed E-state index contributed by atoms with van der Waals surface area (Å²) in [6.07, 6.45) is 5.28. The van der Waals surface area contributed by atoms with Crippen LogP contribution in [0.25, 0.3) is 0 Å². The Morgan fingerprint density at radius 2 is 2.00 bits per heavy atom. The zero-order valence-corrected chi connectivity index (χ0v) is 11.7. The predicted octanol–water partition coefficient (Wildman–Crippen LogP) is 1.39. The Kier molecular flexibility index (Phi) is 4.45. The second-order valence-corrected chi connectivity index (χ2v) is 6.41. The van der Waals surface area contributed by atoms with Gasteiger partial charge in [0.1, 0.15) is 0 Å². The molecule has 17 heavy (non-hydrogen) atoms. The van der Waals surface area contributed by atoms with Crippen molar-refractivity contribution in [3.63, 3.8) is 0 Å². The second-order valence-electron chi connectivity index (χ2n) is 6.41. The van der Waals surface area contributed by atoms with Gasteiger partial charge in [0.15, 0.2) is 0 Å². The van der Waals surface area contributed by atoms with E-state index in [1.54, 1.807) is 0 Å². The molecule has 2 N–H and O–H groups in total. The van der Waals surface area contributed by atoms with Crippen LogP contribution in [0.2, 0.25) is 0 Å². The first-order chi connectivity index (χ1) is 8.08. The van der Waals surface area contributed by atoms with Crippen LogP contribution in [0.3, 0.4) is 0 Å². The third-order valence-corrected chi connectivity index (χ3v) is 4.85. The number of rotatable bonds is 4.